The van der Waals surface area contributed by atoms with E-state index in [0.29, 0.717) is 32.6 Å². The number of thiophene rings is 1. The molecule has 0 fully saturated rings. The van der Waals surface area contributed by atoms with E-state index in [2.05, 4.69) is 10.5 Å². The van der Waals surface area contributed by atoms with E-state index in [-0.39, 0.29) is 17.2 Å². The van der Waals surface area contributed by atoms with Crippen LogP contribution in [0.4, 0.5) is 5.82 Å². The van der Waals surface area contributed by atoms with E-state index in [4.69, 9.17) is 9.51 Å². The van der Waals surface area contributed by atoms with Crippen molar-refractivity contribution in [1.29, 1.82) is 0 Å². The monoisotopic (exact) mass is 474 g/mol. The standard InChI is InChI=1S/C24H18N4O3S2/c1-15-12-20(27-31-15)25-21(29)14-32-24-26-22-18(13-19(33-22)16-8-4-2-5-9-16)23(30)28(24)17-10-6-3-7-11-17/h2-13H,14H2,1H3,(H,25,27,29). The Balaban J connectivity index is 1.53. The summed E-state index contributed by atoms with van der Waals surface area (Å²) < 4.78 is 6.54. The third kappa shape index (κ3) is 4.46. The zero-order valence-corrected chi connectivity index (χ0v) is 19.2. The van der Waals surface area contributed by atoms with Crippen LogP contribution in [0.5, 0.6) is 0 Å². The van der Waals surface area contributed by atoms with E-state index >= 15 is 0 Å². The molecule has 2 aromatic carbocycles. The molecule has 3 heterocycles. The van der Waals surface area contributed by atoms with Crippen LogP contribution in [0.25, 0.3) is 26.3 Å². The van der Waals surface area contributed by atoms with Gasteiger partial charge in [0.1, 0.15) is 10.6 Å². The lowest BCUT2D eigenvalue weighted by molar-refractivity contribution is -0.113. The second kappa shape index (κ2) is 9.05. The number of aromatic nitrogens is 3. The molecule has 0 aliphatic heterocycles. The molecule has 0 unspecified atom stereocenters. The van der Waals surface area contributed by atoms with E-state index in [1.807, 2.05) is 66.7 Å². The molecule has 3 aromatic heterocycles. The molecule has 0 bridgehead atoms. The fourth-order valence-electron chi connectivity index (χ4n) is 3.34. The van der Waals surface area contributed by atoms with Gasteiger partial charge in [-0.15, -0.1) is 11.3 Å². The van der Waals surface area contributed by atoms with Crippen LogP contribution in [0.2, 0.25) is 0 Å². The predicted molar refractivity (Wildman–Crippen MR) is 131 cm³/mol. The molecule has 0 spiro atoms. The Bertz CT molecular complexity index is 1490. The highest BCUT2D eigenvalue weighted by Gasteiger charge is 2.18. The van der Waals surface area contributed by atoms with Crippen LogP contribution in [0, 0.1) is 6.92 Å². The van der Waals surface area contributed by atoms with Gasteiger partial charge in [0.05, 0.1) is 16.8 Å². The topological polar surface area (TPSA) is 90.0 Å². The number of amides is 1. The Kier molecular flexibility index (Phi) is 5.80. The van der Waals surface area contributed by atoms with Gasteiger partial charge in [-0.2, -0.15) is 0 Å². The van der Waals surface area contributed by atoms with E-state index in [9.17, 15) is 9.59 Å². The molecule has 0 radical (unpaired) electrons. The molecule has 1 amide bonds. The molecule has 9 heteroatoms. The van der Waals surface area contributed by atoms with E-state index in [0.717, 1.165) is 10.4 Å². The van der Waals surface area contributed by atoms with Gasteiger partial charge >= 0.3 is 0 Å². The SMILES string of the molecule is Cc1cc(NC(=O)CSc2nc3sc(-c4ccccc4)cc3c(=O)n2-c2ccccc2)no1. The minimum atomic E-state index is -0.265. The number of hydrogen-bond donors (Lipinski definition) is 1. The first-order chi connectivity index (χ1) is 16.1. The lowest BCUT2D eigenvalue weighted by Crippen LogP contribution is -2.22. The summed E-state index contributed by atoms with van der Waals surface area (Å²) in [7, 11) is 0. The lowest BCUT2D eigenvalue weighted by Gasteiger charge is -2.11. The average molecular weight is 475 g/mol. The summed E-state index contributed by atoms with van der Waals surface area (Å²) in [5, 5.41) is 7.47. The Morgan fingerprint density at radius 2 is 1.82 bits per heavy atom. The number of hydrogen-bond acceptors (Lipinski definition) is 7. The van der Waals surface area contributed by atoms with Crippen molar-refractivity contribution in [3.05, 3.63) is 88.9 Å². The van der Waals surface area contributed by atoms with E-state index < -0.39 is 0 Å². The predicted octanol–water partition coefficient (Wildman–Crippen LogP) is 5.14. The highest BCUT2D eigenvalue weighted by molar-refractivity contribution is 7.99. The zero-order chi connectivity index (χ0) is 22.8. The van der Waals surface area contributed by atoms with Crippen LogP contribution in [-0.2, 0) is 4.79 Å². The maximum Gasteiger partial charge on any atom is 0.267 e. The second-order valence-electron chi connectivity index (χ2n) is 7.23. The summed E-state index contributed by atoms with van der Waals surface area (Å²) >= 11 is 2.66. The van der Waals surface area contributed by atoms with Crippen LogP contribution in [0.1, 0.15) is 5.76 Å². The van der Waals surface area contributed by atoms with Gasteiger partial charge in [-0.3, -0.25) is 14.2 Å². The fourth-order valence-corrected chi connectivity index (χ4v) is 5.23. The zero-order valence-electron chi connectivity index (χ0n) is 17.5. The van der Waals surface area contributed by atoms with Crippen molar-refractivity contribution in [2.75, 3.05) is 11.1 Å². The quantitative estimate of drug-likeness (QED) is 0.271. The Morgan fingerprint density at radius 1 is 1.09 bits per heavy atom. The summed E-state index contributed by atoms with van der Waals surface area (Å²) in [6, 6.07) is 22.7. The number of carbonyl (C=O) groups excluding carboxylic acids is 1. The van der Waals surface area contributed by atoms with Crippen molar-refractivity contribution in [1.82, 2.24) is 14.7 Å². The van der Waals surface area contributed by atoms with Gasteiger partial charge in [0.2, 0.25) is 5.91 Å². The number of benzene rings is 2. The number of fused-ring (bicyclic) bond motifs is 1. The molecule has 0 aliphatic carbocycles. The van der Waals surface area contributed by atoms with Crippen molar-refractivity contribution in [3.8, 4) is 16.1 Å². The smallest absolute Gasteiger partial charge is 0.267 e. The lowest BCUT2D eigenvalue weighted by atomic mass is 10.2. The molecule has 1 N–H and O–H groups in total. The summed E-state index contributed by atoms with van der Waals surface area (Å²) in [6.07, 6.45) is 0. The Morgan fingerprint density at radius 3 is 2.52 bits per heavy atom. The highest BCUT2D eigenvalue weighted by Crippen LogP contribution is 2.32. The first-order valence-corrected chi connectivity index (χ1v) is 11.9. The molecule has 5 aromatic rings. The van der Waals surface area contributed by atoms with Gasteiger partial charge in [-0.1, -0.05) is 65.4 Å². The summed E-state index contributed by atoms with van der Waals surface area (Å²) in [6.45, 7) is 1.75. The third-order valence-electron chi connectivity index (χ3n) is 4.83. The number of carbonyl (C=O) groups is 1. The minimum Gasteiger partial charge on any atom is -0.360 e. The summed E-state index contributed by atoms with van der Waals surface area (Å²) in [5.41, 5.74) is 1.56. The molecule has 5 rings (SSSR count). The third-order valence-corrected chi connectivity index (χ3v) is 6.85. The minimum absolute atomic E-state index is 0.0631. The fraction of sp³-hybridized carbons (Fsp3) is 0.0833. The van der Waals surface area contributed by atoms with Crippen molar-refractivity contribution in [2.24, 2.45) is 0 Å². The molecular formula is C24H18N4O3S2. The first-order valence-electron chi connectivity index (χ1n) is 10.1. The molecule has 0 saturated carbocycles. The molecule has 164 valence electrons. The van der Waals surface area contributed by atoms with Crippen molar-refractivity contribution in [3.63, 3.8) is 0 Å². The largest absolute Gasteiger partial charge is 0.360 e. The van der Waals surface area contributed by atoms with Crippen LogP contribution in [0.3, 0.4) is 0 Å². The molecular weight excluding hydrogens is 456 g/mol. The van der Waals surface area contributed by atoms with Crippen LogP contribution in [0.15, 0.2) is 87.3 Å². The van der Waals surface area contributed by atoms with E-state index in [1.54, 1.807) is 17.6 Å². The molecule has 7 nitrogen and oxygen atoms in total. The summed E-state index contributed by atoms with van der Waals surface area (Å²) in [5.74, 6) is 0.759. The first kappa shape index (κ1) is 21.2. The van der Waals surface area contributed by atoms with Crippen molar-refractivity contribution >= 4 is 45.0 Å². The van der Waals surface area contributed by atoms with Crippen molar-refractivity contribution < 1.29 is 9.32 Å². The van der Waals surface area contributed by atoms with Gasteiger partial charge in [0, 0.05) is 10.9 Å². The number of nitrogens with one attached hydrogen (secondary N) is 1. The van der Waals surface area contributed by atoms with Crippen molar-refractivity contribution in [2.45, 2.75) is 12.1 Å². The normalized spacial score (nSPS) is 11.1. The van der Waals surface area contributed by atoms with Crippen LogP contribution >= 0.6 is 23.1 Å². The number of anilines is 1. The van der Waals surface area contributed by atoms with Crippen LogP contribution < -0.4 is 10.9 Å². The second-order valence-corrected chi connectivity index (χ2v) is 9.20. The van der Waals surface area contributed by atoms with Crippen LogP contribution in [-0.4, -0.2) is 26.4 Å². The molecule has 33 heavy (non-hydrogen) atoms. The number of nitrogens with zero attached hydrogens (tertiary/aromatic N) is 3. The molecule has 0 atom stereocenters. The molecule has 0 aliphatic rings. The maximum atomic E-state index is 13.5. The van der Waals surface area contributed by atoms with Gasteiger partial charge in [-0.05, 0) is 30.7 Å². The number of rotatable bonds is 6. The average Bonchev–Trinajstić information content (AvgIpc) is 3.45. The molecule has 0 saturated heterocycles. The maximum absolute atomic E-state index is 13.5. The van der Waals surface area contributed by atoms with Gasteiger partial charge in [-0.25, -0.2) is 4.98 Å². The Labute approximate surface area is 197 Å². The highest BCUT2D eigenvalue weighted by atomic mass is 32.2. The van der Waals surface area contributed by atoms with E-state index in [1.165, 1.54) is 23.1 Å². The summed E-state index contributed by atoms with van der Waals surface area (Å²) in [4.78, 5) is 32.4. The number of para-hydroxylation sites is 1. The van der Waals surface area contributed by atoms with Gasteiger partial charge in [0.25, 0.3) is 5.56 Å². The van der Waals surface area contributed by atoms with Gasteiger partial charge in [0.15, 0.2) is 11.0 Å². The Hall–Kier alpha value is -3.69. The number of aryl methyl sites for hydroxylation is 1. The van der Waals surface area contributed by atoms with Gasteiger partial charge < -0.3 is 9.84 Å². The number of thioether (sulfide) groups is 1.